The highest BCUT2D eigenvalue weighted by atomic mass is 32.2. The van der Waals surface area contributed by atoms with E-state index in [2.05, 4.69) is 10.2 Å². The summed E-state index contributed by atoms with van der Waals surface area (Å²) in [7, 11) is 1.61. The van der Waals surface area contributed by atoms with Crippen LogP contribution in [0.3, 0.4) is 0 Å². The van der Waals surface area contributed by atoms with Gasteiger partial charge in [0.15, 0.2) is 5.16 Å². The molecule has 9 heteroatoms. The third-order valence-corrected chi connectivity index (χ3v) is 6.29. The van der Waals surface area contributed by atoms with Gasteiger partial charge in [-0.15, -0.1) is 10.2 Å². The largest absolute Gasteiger partial charge is 0.496 e. The molecule has 0 amide bonds. The number of para-hydroxylation sites is 2. The number of benzene rings is 3. The number of thioether (sulfide) groups is 1. The van der Waals surface area contributed by atoms with Gasteiger partial charge in [-0.2, -0.15) is 0 Å². The van der Waals surface area contributed by atoms with E-state index >= 15 is 0 Å². The summed E-state index contributed by atoms with van der Waals surface area (Å²) in [5.74, 6) is 2.05. The quantitative estimate of drug-likeness (QED) is 0.244. The molecule has 0 saturated heterocycles. The molecule has 0 fully saturated rings. The number of hydrogen-bond donors (Lipinski definition) is 0. The molecule has 172 valence electrons. The van der Waals surface area contributed by atoms with Crippen molar-refractivity contribution < 1.29 is 13.9 Å². The van der Waals surface area contributed by atoms with Crippen LogP contribution in [0.2, 0.25) is 0 Å². The number of halogens is 1. The van der Waals surface area contributed by atoms with E-state index in [4.69, 9.17) is 9.47 Å². The van der Waals surface area contributed by atoms with Gasteiger partial charge in [-0.3, -0.25) is 13.8 Å². The van der Waals surface area contributed by atoms with Crippen LogP contribution in [0.25, 0.3) is 16.7 Å². The fraction of sp³-hybridized carbons (Fsp3) is 0.160. The highest BCUT2D eigenvalue weighted by Crippen LogP contribution is 2.24. The average molecular weight is 477 g/mol. The smallest absolute Gasteiger partial charge is 0.263 e. The minimum absolute atomic E-state index is 0.141. The molecule has 0 aliphatic carbocycles. The molecular weight excluding hydrogens is 455 g/mol. The summed E-state index contributed by atoms with van der Waals surface area (Å²) in [5.41, 5.74) is 1.47. The number of nitrogens with zero attached hydrogens (tertiary/aromatic N) is 4. The van der Waals surface area contributed by atoms with Gasteiger partial charge >= 0.3 is 0 Å². The van der Waals surface area contributed by atoms with E-state index in [1.807, 2.05) is 52.9 Å². The van der Waals surface area contributed by atoms with Gasteiger partial charge in [-0.25, -0.2) is 4.39 Å². The lowest BCUT2D eigenvalue weighted by Crippen LogP contribution is -2.24. The Morgan fingerprint density at radius 3 is 2.56 bits per heavy atom. The zero-order valence-electron chi connectivity index (χ0n) is 18.3. The normalized spacial score (nSPS) is 11.2. The minimum atomic E-state index is -0.303. The van der Waals surface area contributed by atoms with Crippen LogP contribution in [0, 0.1) is 5.82 Å². The van der Waals surface area contributed by atoms with E-state index in [9.17, 15) is 9.18 Å². The summed E-state index contributed by atoms with van der Waals surface area (Å²) in [6.07, 6.45) is 0. The maximum atomic E-state index is 13.4. The molecular formula is C25H21FN4O3S. The molecule has 34 heavy (non-hydrogen) atoms. The summed E-state index contributed by atoms with van der Waals surface area (Å²) < 4.78 is 27.7. The van der Waals surface area contributed by atoms with E-state index < -0.39 is 0 Å². The maximum Gasteiger partial charge on any atom is 0.263 e. The average Bonchev–Trinajstić information content (AvgIpc) is 3.29. The van der Waals surface area contributed by atoms with Crippen LogP contribution in [-0.4, -0.2) is 38.6 Å². The molecule has 5 rings (SSSR count). The molecule has 0 radical (unpaired) electrons. The molecule has 3 aromatic carbocycles. The van der Waals surface area contributed by atoms with E-state index in [-0.39, 0.29) is 11.4 Å². The van der Waals surface area contributed by atoms with Gasteiger partial charge in [0.1, 0.15) is 17.3 Å². The summed E-state index contributed by atoms with van der Waals surface area (Å²) in [6.45, 7) is 0.706. The summed E-state index contributed by atoms with van der Waals surface area (Å²) >= 11 is 1.47. The second-order valence-electron chi connectivity index (χ2n) is 7.49. The molecule has 0 aliphatic rings. The third-order valence-electron chi connectivity index (χ3n) is 5.40. The Bertz CT molecular complexity index is 1510. The molecule has 0 aliphatic heterocycles. The monoisotopic (exact) mass is 476 g/mol. The van der Waals surface area contributed by atoms with Gasteiger partial charge in [0.2, 0.25) is 5.78 Å². The van der Waals surface area contributed by atoms with E-state index in [0.717, 1.165) is 11.1 Å². The van der Waals surface area contributed by atoms with Gasteiger partial charge < -0.3 is 9.47 Å². The highest BCUT2D eigenvalue weighted by molar-refractivity contribution is 7.99. The van der Waals surface area contributed by atoms with Crippen LogP contribution < -0.4 is 15.0 Å². The predicted octanol–water partition coefficient (Wildman–Crippen LogP) is 4.41. The van der Waals surface area contributed by atoms with Crippen LogP contribution in [0.5, 0.6) is 11.5 Å². The fourth-order valence-corrected chi connectivity index (χ4v) is 4.55. The fourth-order valence-electron chi connectivity index (χ4n) is 3.80. The topological polar surface area (TPSA) is 70.7 Å². The van der Waals surface area contributed by atoms with Crippen LogP contribution in [0.4, 0.5) is 4.39 Å². The van der Waals surface area contributed by atoms with Crippen molar-refractivity contribution in [2.75, 3.05) is 19.5 Å². The summed E-state index contributed by atoms with van der Waals surface area (Å²) in [4.78, 5) is 13.4. The van der Waals surface area contributed by atoms with E-state index in [1.54, 1.807) is 23.8 Å². The van der Waals surface area contributed by atoms with Crippen molar-refractivity contribution in [3.05, 3.63) is 94.5 Å². The number of aromatic nitrogens is 4. The Balaban J connectivity index is 1.48. The molecule has 7 nitrogen and oxygen atoms in total. The number of methoxy groups -OCH3 is 1. The van der Waals surface area contributed by atoms with Crippen molar-refractivity contribution in [3.63, 3.8) is 0 Å². The van der Waals surface area contributed by atoms with Crippen molar-refractivity contribution in [3.8, 4) is 11.5 Å². The number of hydrogen-bond acceptors (Lipinski definition) is 6. The van der Waals surface area contributed by atoms with Gasteiger partial charge in [-0.1, -0.05) is 42.1 Å². The first-order valence-electron chi connectivity index (χ1n) is 10.7. The lowest BCUT2D eigenvalue weighted by molar-refractivity contribution is 0.343. The Labute approximate surface area is 198 Å². The second-order valence-corrected chi connectivity index (χ2v) is 8.55. The Kier molecular flexibility index (Phi) is 6.18. The van der Waals surface area contributed by atoms with Crippen molar-refractivity contribution in [1.82, 2.24) is 19.2 Å². The molecule has 0 saturated carbocycles. The molecule has 0 atom stereocenters. The van der Waals surface area contributed by atoms with Gasteiger partial charge in [0.25, 0.3) is 5.56 Å². The van der Waals surface area contributed by atoms with Gasteiger partial charge in [0, 0.05) is 11.3 Å². The van der Waals surface area contributed by atoms with Crippen molar-refractivity contribution >= 4 is 28.4 Å². The standard InChI is InChI=1S/C25H21FN4O3S/c1-32-22-9-5-2-6-17(22)16-29-23(31)20-7-3-4-8-21(20)30-24(29)27-28-25(30)34-15-14-33-19-12-10-18(26)11-13-19/h2-13H,14-16H2,1H3. The van der Waals surface area contributed by atoms with Gasteiger partial charge in [-0.05, 0) is 42.5 Å². The van der Waals surface area contributed by atoms with Gasteiger partial charge in [0.05, 0.1) is 31.2 Å². The van der Waals surface area contributed by atoms with Crippen molar-refractivity contribution in [1.29, 1.82) is 0 Å². The number of rotatable bonds is 8. The van der Waals surface area contributed by atoms with Crippen LogP contribution in [0.15, 0.2) is 82.7 Å². The predicted molar refractivity (Wildman–Crippen MR) is 129 cm³/mol. The van der Waals surface area contributed by atoms with Crippen molar-refractivity contribution in [2.45, 2.75) is 11.7 Å². The van der Waals surface area contributed by atoms with E-state index in [1.165, 1.54) is 23.9 Å². The Morgan fingerprint density at radius 1 is 0.971 bits per heavy atom. The Hall–Kier alpha value is -3.85. The first kappa shape index (κ1) is 22.0. The number of fused-ring (bicyclic) bond motifs is 3. The first-order chi connectivity index (χ1) is 16.7. The van der Waals surface area contributed by atoms with Crippen molar-refractivity contribution in [2.24, 2.45) is 0 Å². The molecule has 0 spiro atoms. The minimum Gasteiger partial charge on any atom is -0.496 e. The second kappa shape index (κ2) is 9.56. The van der Waals surface area contributed by atoms with Crippen LogP contribution in [0.1, 0.15) is 5.56 Å². The van der Waals surface area contributed by atoms with Crippen LogP contribution >= 0.6 is 11.8 Å². The summed E-state index contributed by atoms with van der Waals surface area (Å²) in [5, 5.41) is 9.96. The molecule has 0 bridgehead atoms. The first-order valence-corrected chi connectivity index (χ1v) is 11.6. The maximum absolute atomic E-state index is 13.4. The summed E-state index contributed by atoms with van der Waals surface area (Å²) in [6, 6.07) is 20.9. The zero-order valence-corrected chi connectivity index (χ0v) is 19.2. The molecule has 0 N–H and O–H groups in total. The zero-order chi connectivity index (χ0) is 23.5. The lowest BCUT2D eigenvalue weighted by Gasteiger charge is -2.13. The van der Waals surface area contributed by atoms with Crippen LogP contribution in [-0.2, 0) is 6.54 Å². The lowest BCUT2D eigenvalue weighted by atomic mass is 10.2. The van der Waals surface area contributed by atoms with E-state index in [0.29, 0.717) is 46.7 Å². The highest BCUT2D eigenvalue weighted by Gasteiger charge is 2.18. The molecule has 5 aromatic rings. The third kappa shape index (κ3) is 4.22. The Morgan fingerprint density at radius 2 is 1.74 bits per heavy atom. The molecule has 2 heterocycles. The SMILES string of the molecule is COc1ccccc1Cn1c(=O)c2ccccc2n2c(SCCOc3ccc(F)cc3)nnc12. The molecule has 2 aromatic heterocycles. The number of ether oxygens (including phenoxy) is 2. The molecule has 0 unspecified atom stereocenters.